The van der Waals surface area contributed by atoms with Gasteiger partial charge in [0.2, 0.25) is 5.91 Å². The highest BCUT2D eigenvalue weighted by Gasteiger charge is 2.33. The molecule has 0 fully saturated rings. The minimum Gasteiger partial charge on any atom is -0.496 e. The molecule has 0 aliphatic carbocycles. The number of benzene rings is 1. The third-order valence-corrected chi connectivity index (χ3v) is 4.70. The largest absolute Gasteiger partial charge is 0.496 e. The van der Waals surface area contributed by atoms with E-state index in [4.69, 9.17) is 15.2 Å². The molecule has 1 aliphatic heterocycles. The number of nitrogens with zero attached hydrogens (tertiary/aromatic N) is 1. The van der Waals surface area contributed by atoms with E-state index in [1.807, 2.05) is 6.26 Å². The van der Waals surface area contributed by atoms with Crippen LogP contribution in [0, 0.1) is 0 Å². The van der Waals surface area contributed by atoms with Crippen molar-refractivity contribution in [2.75, 3.05) is 32.8 Å². The molecule has 8 heteroatoms. The minimum absolute atomic E-state index is 0. The van der Waals surface area contributed by atoms with E-state index in [0.717, 1.165) is 11.3 Å². The number of carbonyl (C=O) groups is 1. The van der Waals surface area contributed by atoms with E-state index in [-0.39, 0.29) is 24.9 Å². The molecular formula is C16H25ClN2O4S. The molecule has 2 atom stereocenters. The van der Waals surface area contributed by atoms with Gasteiger partial charge in [0.25, 0.3) is 0 Å². The fraction of sp³-hybridized carbons (Fsp3) is 0.562. The number of rotatable bonds is 6. The maximum atomic E-state index is 12.5. The highest BCUT2D eigenvalue weighted by molar-refractivity contribution is 7.98. The van der Waals surface area contributed by atoms with Crippen molar-refractivity contribution in [2.45, 2.75) is 25.1 Å². The number of thioether (sulfide) groups is 1. The molecule has 0 saturated carbocycles. The number of halogens is 1. The number of amides is 1. The number of β-amino-alcohol motifs (C(OH)–C–C–N with tert-alkyl or cyclic N) is 1. The summed E-state index contributed by atoms with van der Waals surface area (Å²) in [6, 6.07) is 3.00. The van der Waals surface area contributed by atoms with Gasteiger partial charge in [-0.15, -0.1) is 12.4 Å². The lowest BCUT2D eigenvalue weighted by Crippen LogP contribution is -2.47. The summed E-state index contributed by atoms with van der Waals surface area (Å²) in [5, 5.41) is 10.5. The number of hydrogen-bond donors (Lipinski definition) is 2. The van der Waals surface area contributed by atoms with E-state index >= 15 is 0 Å². The van der Waals surface area contributed by atoms with Gasteiger partial charge in [0.05, 0.1) is 26.8 Å². The van der Waals surface area contributed by atoms with E-state index in [1.54, 1.807) is 43.0 Å². The lowest BCUT2D eigenvalue weighted by atomic mass is 9.94. The van der Waals surface area contributed by atoms with Crippen LogP contribution >= 0.6 is 24.2 Å². The van der Waals surface area contributed by atoms with Crippen molar-refractivity contribution in [3.8, 4) is 11.5 Å². The molecule has 1 aromatic carbocycles. The van der Waals surface area contributed by atoms with Crippen LogP contribution in [0.15, 0.2) is 12.1 Å². The summed E-state index contributed by atoms with van der Waals surface area (Å²) in [4.78, 5) is 14.1. The molecule has 6 nitrogen and oxygen atoms in total. The van der Waals surface area contributed by atoms with Crippen LogP contribution in [0.1, 0.15) is 23.7 Å². The Bertz CT molecular complexity index is 573. The van der Waals surface area contributed by atoms with Crippen molar-refractivity contribution in [3.63, 3.8) is 0 Å². The predicted molar refractivity (Wildman–Crippen MR) is 98.1 cm³/mol. The molecule has 3 N–H and O–H groups in total. The van der Waals surface area contributed by atoms with Gasteiger partial charge < -0.3 is 25.2 Å². The molecule has 2 rings (SSSR count). The van der Waals surface area contributed by atoms with E-state index in [1.165, 1.54) is 0 Å². The quantitative estimate of drug-likeness (QED) is 0.784. The Morgan fingerprint density at radius 1 is 1.42 bits per heavy atom. The predicted octanol–water partition coefficient (Wildman–Crippen LogP) is 1.58. The van der Waals surface area contributed by atoms with Crippen LogP contribution in [0.2, 0.25) is 0 Å². The molecular weight excluding hydrogens is 352 g/mol. The van der Waals surface area contributed by atoms with Gasteiger partial charge in [-0.1, -0.05) is 0 Å². The van der Waals surface area contributed by atoms with Crippen molar-refractivity contribution in [1.82, 2.24) is 4.90 Å². The molecule has 24 heavy (non-hydrogen) atoms. The lowest BCUT2D eigenvalue weighted by Gasteiger charge is -2.35. The number of methoxy groups -OCH3 is 2. The Kier molecular flexibility index (Phi) is 8.15. The van der Waals surface area contributed by atoms with Crippen molar-refractivity contribution in [1.29, 1.82) is 0 Å². The second-order valence-corrected chi connectivity index (χ2v) is 6.47. The number of fused-ring (bicyclic) bond motifs is 1. The number of carbonyl (C=O) groups excluding carboxylic acids is 1. The second kappa shape index (κ2) is 9.36. The second-order valence-electron chi connectivity index (χ2n) is 5.48. The van der Waals surface area contributed by atoms with Crippen LogP contribution < -0.4 is 15.2 Å². The van der Waals surface area contributed by atoms with Crippen LogP contribution in [0.3, 0.4) is 0 Å². The number of nitrogens with two attached hydrogens (primary N) is 1. The van der Waals surface area contributed by atoms with Crippen LogP contribution in [0.25, 0.3) is 0 Å². The van der Waals surface area contributed by atoms with E-state index in [0.29, 0.717) is 30.0 Å². The normalized spacial score (nSPS) is 17.5. The summed E-state index contributed by atoms with van der Waals surface area (Å²) in [5.74, 6) is 1.92. The molecule has 1 aliphatic rings. The van der Waals surface area contributed by atoms with E-state index < -0.39 is 12.1 Å². The first kappa shape index (κ1) is 20.9. The molecule has 0 radical (unpaired) electrons. The molecule has 0 saturated heterocycles. The highest BCUT2D eigenvalue weighted by Crippen LogP contribution is 2.39. The summed E-state index contributed by atoms with van der Waals surface area (Å²) >= 11 is 1.66. The third-order valence-electron chi connectivity index (χ3n) is 4.05. The molecule has 1 aromatic rings. The SMILES string of the molecule is COc1ccc(OC)c2c1CN(C(=O)[C@@H](N)CCSC)CC2O.Cl. The van der Waals surface area contributed by atoms with Gasteiger partial charge in [0.15, 0.2) is 0 Å². The third kappa shape index (κ3) is 4.27. The zero-order valence-electron chi connectivity index (χ0n) is 14.2. The Balaban J connectivity index is 0.00000288. The van der Waals surface area contributed by atoms with Gasteiger partial charge in [-0.2, -0.15) is 11.8 Å². The smallest absolute Gasteiger partial charge is 0.239 e. The van der Waals surface area contributed by atoms with Crippen LogP contribution in [-0.4, -0.2) is 54.7 Å². The Morgan fingerprint density at radius 2 is 2.04 bits per heavy atom. The molecule has 0 spiro atoms. The first-order valence-corrected chi connectivity index (χ1v) is 8.88. The fourth-order valence-electron chi connectivity index (χ4n) is 2.85. The molecule has 1 unspecified atom stereocenters. The van der Waals surface area contributed by atoms with Crippen molar-refractivity contribution in [3.05, 3.63) is 23.3 Å². The van der Waals surface area contributed by atoms with Crippen molar-refractivity contribution >= 4 is 30.1 Å². The topological polar surface area (TPSA) is 85.0 Å². The molecule has 0 aromatic heterocycles. The summed E-state index contributed by atoms with van der Waals surface area (Å²) in [7, 11) is 3.13. The average Bonchev–Trinajstić information content (AvgIpc) is 2.57. The molecule has 0 bridgehead atoms. The first-order chi connectivity index (χ1) is 11.0. The van der Waals surface area contributed by atoms with Crippen LogP contribution in [0.4, 0.5) is 0 Å². The van der Waals surface area contributed by atoms with Gasteiger partial charge >= 0.3 is 0 Å². The highest BCUT2D eigenvalue weighted by atomic mass is 35.5. The first-order valence-electron chi connectivity index (χ1n) is 7.48. The monoisotopic (exact) mass is 376 g/mol. The zero-order chi connectivity index (χ0) is 17.0. The maximum Gasteiger partial charge on any atom is 0.239 e. The van der Waals surface area contributed by atoms with Gasteiger partial charge in [-0.25, -0.2) is 0 Å². The lowest BCUT2D eigenvalue weighted by molar-refractivity contribution is -0.135. The number of hydrogen-bond acceptors (Lipinski definition) is 6. The molecule has 136 valence electrons. The van der Waals surface area contributed by atoms with Crippen LogP contribution in [0.5, 0.6) is 11.5 Å². The van der Waals surface area contributed by atoms with Gasteiger partial charge in [-0.05, 0) is 30.6 Å². The number of ether oxygens (including phenoxy) is 2. The maximum absolute atomic E-state index is 12.5. The average molecular weight is 377 g/mol. The van der Waals surface area contributed by atoms with E-state index in [2.05, 4.69) is 0 Å². The summed E-state index contributed by atoms with van der Waals surface area (Å²) in [6.45, 7) is 0.570. The van der Waals surface area contributed by atoms with Crippen LogP contribution in [-0.2, 0) is 11.3 Å². The summed E-state index contributed by atoms with van der Waals surface area (Å²) in [5.41, 5.74) is 7.45. The number of aliphatic hydroxyl groups excluding tert-OH is 1. The fourth-order valence-corrected chi connectivity index (χ4v) is 3.34. The summed E-state index contributed by atoms with van der Waals surface area (Å²) < 4.78 is 10.7. The Labute approximate surface area is 153 Å². The van der Waals surface area contributed by atoms with Gasteiger partial charge in [-0.3, -0.25) is 4.79 Å². The Morgan fingerprint density at radius 3 is 2.62 bits per heavy atom. The van der Waals surface area contributed by atoms with Crippen molar-refractivity contribution in [2.24, 2.45) is 5.73 Å². The number of aliphatic hydroxyl groups is 1. The zero-order valence-corrected chi connectivity index (χ0v) is 15.8. The molecule has 1 heterocycles. The van der Waals surface area contributed by atoms with Gasteiger partial charge in [0.1, 0.15) is 17.6 Å². The van der Waals surface area contributed by atoms with Crippen molar-refractivity contribution < 1.29 is 19.4 Å². The van der Waals surface area contributed by atoms with E-state index in [9.17, 15) is 9.90 Å². The minimum atomic E-state index is -0.819. The van der Waals surface area contributed by atoms with Gasteiger partial charge in [0, 0.05) is 17.7 Å². The standard InChI is InChI=1S/C16H24N2O4S.ClH/c1-21-13-4-5-14(22-2)15-10(13)8-18(9-12(15)19)16(20)11(17)6-7-23-3;/h4-5,11-12,19H,6-9,17H2,1-3H3;1H/t11-,12?;/m0./s1. The Hall–Kier alpha value is -1.15. The summed E-state index contributed by atoms with van der Waals surface area (Å²) in [6.07, 6.45) is 1.78. The molecule has 1 amide bonds.